The van der Waals surface area contributed by atoms with E-state index in [0.717, 1.165) is 11.3 Å². The first-order valence-electron chi connectivity index (χ1n) is 6.02. The average Bonchev–Trinajstić information content (AvgIpc) is 2.89. The maximum absolute atomic E-state index is 13.4. The summed E-state index contributed by atoms with van der Waals surface area (Å²) in [5.41, 5.74) is 0.196. The van der Waals surface area contributed by atoms with Crippen LogP contribution < -0.4 is 10.1 Å². The van der Waals surface area contributed by atoms with Crippen LogP contribution in [-0.2, 0) is 4.79 Å². The van der Waals surface area contributed by atoms with Crippen molar-refractivity contribution >= 4 is 28.9 Å². The Labute approximate surface area is 124 Å². The van der Waals surface area contributed by atoms with Gasteiger partial charge >= 0.3 is 5.97 Å². The predicted molar refractivity (Wildman–Crippen MR) is 76.4 cm³/mol. The van der Waals surface area contributed by atoms with Crippen molar-refractivity contribution in [2.45, 2.75) is 13.0 Å². The summed E-state index contributed by atoms with van der Waals surface area (Å²) in [6.07, 6.45) is -0.969. The van der Waals surface area contributed by atoms with E-state index in [2.05, 4.69) is 5.32 Å². The van der Waals surface area contributed by atoms with Crippen molar-refractivity contribution in [1.82, 2.24) is 0 Å². The zero-order valence-corrected chi connectivity index (χ0v) is 11.8. The molecule has 2 N–H and O–H groups in total. The predicted octanol–water partition coefficient (Wildman–Crippen LogP) is 2.99. The second-order valence-corrected chi connectivity index (χ2v) is 5.06. The summed E-state index contributed by atoms with van der Waals surface area (Å²) in [5, 5.41) is 13.0. The molecule has 0 saturated heterocycles. The molecule has 0 aliphatic heterocycles. The van der Waals surface area contributed by atoms with E-state index in [1.165, 1.54) is 31.2 Å². The topological polar surface area (TPSA) is 75.6 Å². The summed E-state index contributed by atoms with van der Waals surface area (Å²) >= 11 is 1.00. The van der Waals surface area contributed by atoms with Gasteiger partial charge in [0.2, 0.25) is 0 Å². The number of halogens is 1. The van der Waals surface area contributed by atoms with E-state index in [9.17, 15) is 14.0 Å². The number of para-hydroxylation sites is 1. The monoisotopic (exact) mass is 309 g/mol. The molecule has 21 heavy (non-hydrogen) atoms. The maximum Gasteiger partial charge on any atom is 0.348 e. The van der Waals surface area contributed by atoms with Gasteiger partial charge in [0.05, 0.1) is 5.69 Å². The number of carbonyl (C=O) groups excluding carboxylic acids is 1. The van der Waals surface area contributed by atoms with Crippen molar-refractivity contribution in [2.24, 2.45) is 0 Å². The number of hydrogen-bond acceptors (Lipinski definition) is 4. The van der Waals surface area contributed by atoms with Crippen LogP contribution in [0.3, 0.4) is 0 Å². The molecule has 0 aliphatic carbocycles. The number of ether oxygens (including phenoxy) is 1. The number of carboxylic acid groups (broad SMARTS) is 1. The second-order valence-electron chi connectivity index (χ2n) is 4.15. The van der Waals surface area contributed by atoms with Crippen LogP contribution in [-0.4, -0.2) is 23.1 Å². The van der Waals surface area contributed by atoms with Gasteiger partial charge in [0.1, 0.15) is 4.88 Å². The second kappa shape index (κ2) is 6.36. The van der Waals surface area contributed by atoms with Gasteiger partial charge in [0.25, 0.3) is 5.91 Å². The van der Waals surface area contributed by atoms with Gasteiger partial charge in [-0.05, 0) is 30.5 Å². The van der Waals surface area contributed by atoms with Crippen molar-refractivity contribution < 1.29 is 23.8 Å². The van der Waals surface area contributed by atoms with E-state index in [1.54, 1.807) is 11.4 Å². The van der Waals surface area contributed by atoms with Gasteiger partial charge in [-0.2, -0.15) is 0 Å². The first-order valence-corrected chi connectivity index (χ1v) is 6.90. The third-order valence-corrected chi connectivity index (χ3v) is 3.53. The van der Waals surface area contributed by atoms with Crippen molar-refractivity contribution in [3.8, 4) is 5.75 Å². The number of nitrogens with one attached hydrogen (secondary N) is 1. The number of benzene rings is 1. The summed E-state index contributed by atoms with van der Waals surface area (Å²) in [5.74, 6) is -2.29. The Hall–Kier alpha value is -2.41. The minimum atomic E-state index is -1.12. The van der Waals surface area contributed by atoms with Gasteiger partial charge < -0.3 is 15.2 Å². The largest absolute Gasteiger partial charge is 0.478 e. The van der Waals surface area contributed by atoms with Crippen LogP contribution in [0.2, 0.25) is 0 Å². The van der Waals surface area contributed by atoms with Crippen molar-refractivity contribution in [3.63, 3.8) is 0 Å². The number of aromatic carboxylic acids is 1. The molecule has 0 saturated carbocycles. The summed E-state index contributed by atoms with van der Waals surface area (Å²) in [6.45, 7) is 1.45. The van der Waals surface area contributed by atoms with Gasteiger partial charge in [0, 0.05) is 0 Å². The summed E-state index contributed by atoms with van der Waals surface area (Å²) in [4.78, 5) is 22.9. The molecule has 1 amide bonds. The number of rotatable bonds is 5. The summed E-state index contributed by atoms with van der Waals surface area (Å²) in [6, 6.07) is 7.22. The number of amides is 1. The third kappa shape index (κ3) is 3.57. The smallest absolute Gasteiger partial charge is 0.348 e. The molecular weight excluding hydrogens is 297 g/mol. The molecule has 110 valence electrons. The van der Waals surface area contributed by atoms with Crippen LogP contribution in [0.4, 0.5) is 10.1 Å². The van der Waals surface area contributed by atoms with Crippen molar-refractivity contribution in [3.05, 3.63) is 46.4 Å². The van der Waals surface area contributed by atoms with Crippen LogP contribution in [0.5, 0.6) is 5.75 Å². The molecule has 1 aromatic carbocycles. The normalized spacial score (nSPS) is 11.7. The average molecular weight is 309 g/mol. The molecule has 0 radical (unpaired) electrons. The van der Waals surface area contributed by atoms with E-state index in [4.69, 9.17) is 9.84 Å². The molecule has 2 aromatic rings. The van der Waals surface area contributed by atoms with Gasteiger partial charge in [-0.1, -0.05) is 12.1 Å². The first kappa shape index (κ1) is 15.0. The Morgan fingerprint density at radius 1 is 1.33 bits per heavy atom. The fourth-order valence-electron chi connectivity index (χ4n) is 1.59. The van der Waals surface area contributed by atoms with Gasteiger partial charge in [0.15, 0.2) is 17.7 Å². The van der Waals surface area contributed by atoms with Crippen LogP contribution in [0.1, 0.15) is 16.6 Å². The zero-order chi connectivity index (χ0) is 15.4. The standard InChI is InChI=1S/C14H12FNO4S/c1-8(20-11-5-3-2-4-9(11)15)13(17)16-10-6-7-21-12(10)14(18)19/h2-8H,1H3,(H,16,17)(H,18,19). The number of anilines is 1. The Balaban J connectivity index is 2.05. The van der Waals surface area contributed by atoms with Crippen LogP contribution in [0.25, 0.3) is 0 Å². The summed E-state index contributed by atoms with van der Waals surface area (Å²) in [7, 11) is 0. The number of hydrogen-bond donors (Lipinski definition) is 2. The molecule has 0 bridgehead atoms. The van der Waals surface area contributed by atoms with Crippen molar-refractivity contribution in [1.29, 1.82) is 0 Å². The lowest BCUT2D eigenvalue weighted by Gasteiger charge is -2.14. The Morgan fingerprint density at radius 3 is 2.71 bits per heavy atom. The Bertz CT molecular complexity index is 670. The lowest BCUT2D eigenvalue weighted by molar-refractivity contribution is -0.122. The van der Waals surface area contributed by atoms with E-state index in [-0.39, 0.29) is 16.3 Å². The number of thiophene rings is 1. The minimum absolute atomic E-state index is 0.0291. The molecule has 1 aromatic heterocycles. The maximum atomic E-state index is 13.4. The highest BCUT2D eigenvalue weighted by molar-refractivity contribution is 7.12. The molecular formula is C14H12FNO4S. The molecule has 2 rings (SSSR count). The van der Waals surface area contributed by atoms with Gasteiger partial charge in [-0.25, -0.2) is 9.18 Å². The molecule has 1 heterocycles. The molecule has 0 aliphatic rings. The molecule has 0 spiro atoms. The number of carboxylic acids is 1. The third-order valence-electron chi connectivity index (χ3n) is 2.63. The summed E-state index contributed by atoms with van der Waals surface area (Å²) < 4.78 is 18.7. The van der Waals surface area contributed by atoms with E-state index < -0.39 is 23.8 Å². The minimum Gasteiger partial charge on any atom is -0.478 e. The lowest BCUT2D eigenvalue weighted by atomic mass is 10.3. The quantitative estimate of drug-likeness (QED) is 0.890. The molecule has 5 nitrogen and oxygen atoms in total. The van der Waals surface area contributed by atoms with Crippen molar-refractivity contribution in [2.75, 3.05) is 5.32 Å². The van der Waals surface area contributed by atoms with E-state index in [0.29, 0.717) is 0 Å². The van der Waals surface area contributed by atoms with E-state index >= 15 is 0 Å². The zero-order valence-electron chi connectivity index (χ0n) is 11.0. The molecule has 1 atom stereocenters. The molecule has 0 fully saturated rings. The van der Waals surface area contributed by atoms with Gasteiger partial charge in [-0.15, -0.1) is 11.3 Å². The highest BCUT2D eigenvalue weighted by atomic mass is 32.1. The highest BCUT2D eigenvalue weighted by Gasteiger charge is 2.20. The molecule has 7 heteroatoms. The van der Waals surface area contributed by atoms with E-state index in [1.807, 2.05) is 0 Å². The van der Waals surface area contributed by atoms with Crippen LogP contribution >= 0.6 is 11.3 Å². The lowest BCUT2D eigenvalue weighted by Crippen LogP contribution is -2.30. The molecule has 1 unspecified atom stereocenters. The Morgan fingerprint density at radius 2 is 2.05 bits per heavy atom. The Kier molecular flexibility index (Phi) is 4.54. The van der Waals surface area contributed by atoms with Crippen LogP contribution in [0, 0.1) is 5.82 Å². The SMILES string of the molecule is CC(Oc1ccccc1F)C(=O)Nc1ccsc1C(=O)O. The highest BCUT2D eigenvalue weighted by Crippen LogP contribution is 2.23. The number of carbonyl (C=O) groups is 2. The van der Waals surface area contributed by atoms with Gasteiger partial charge in [-0.3, -0.25) is 4.79 Å². The fourth-order valence-corrected chi connectivity index (χ4v) is 2.28. The first-order chi connectivity index (χ1) is 9.99. The van der Waals surface area contributed by atoms with Crippen LogP contribution in [0.15, 0.2) is 35.7 Å². The fraction of sp³-hybridized carbons (Fsp3) is 0.143.